The predicted molar refractivity (Wildman–Crippen MR) is 172 cm³/mol. The van der Waals surface area contributed by atoms with Gasteiger partial charge in [-0.3, -0.25) is 4.98 Å². The van der Waals surface area contributed by atoms with Crippen LogP contribution in [0.25, 0.3) is 34.1 Å². The van der Waals surface area contributed by atoms with Gasteiger partial charge >= 0.3 is 11.8 Å². The normalized spacial score (nSPS) is 16.9. The Kier molecular flexibility index (Phi) is 7.25. The summed E-state index contributed by atoms with van der Waals surface area (Å²) >= 11 is 0. The van der Waals surface area contributed by atoms with E-state index in [4.69, 9.17) is 13.8 Å². The van der Waals surface area contributed by atoms with E-state index >= 15 is 4.39 Å². The summed E-state index contributed by atoms with van der Waals surface area (Å²) in [6.07, 6.45) is 2.54. The molecule has 5 rings (SSSR count). The Labute approximate surface area is 261 Å². The topological polar surface area (TPSA) is 93.5 Å². The number of amides is 1. The summed E-state index contributed by atoms with van der Waals surface area (Å²) in [6, 6.07) is 9.31. The minimum absolute atomic E-state index is 0.0254. The van der Waals surface area contributed by atoms with Gasteiger partial charge in [0.1, 0.15) is 22.9 Å². The molecule has 4 aromatic rings. The zero-order chi connectivity index (χ0) is 34.4. The van der Waals surface area contributed by atoms with Gasteiger partial charge in [0.15, 0.2) is 5.65 Å². The molecule has 0 N–H and O–H groups in total. The van der Waals surface area contributed by atoms with Gasteiger partial charge in [-0.2, -0.15) is 4.98 Å². The van der Waals surface area contributed by atoms with E-state index in [1.807, 2.05) is 25.7 Å². The van der Waals surface area contributed by atoms with Gasteiger partial charge in [0.25, 0.3) is 0 Å². The van der Waals surface area contributed by atoms with Crippen LogP contribution in [0.5, 0.6) is 0 Å². The van der Waals surface area contributed by atoms with Crippen molar-refractivity contribution in [2.24, 2.45) is 0 Å². The SMILES string of the molecule is [2H]C([2H])([2H])c1ccnc(C(C)C)c1-n1c(=O)nc(N2CCN(C(=O)OC(C)(C)C)C[C@@H]2C)c2cc(F)c(-c3ccccc3C=C)nc21. The fraction of sp³-hybridized carbons (Fsp3) is 0.382. The number of anilines is 1. The standard InChI is InChI=1S/C34H39FN6O3/c1-9-23-12-10-11-13-24(23)28-26(35)18-25-30(40-17-16-39(19-22(40)5)33(43)44-34(6,7)8)38-32(42)41(31(25)37-28)29-21(4)14-15-36-27(29)20(2)3/h9-15,18,20,22H,1,16-17,19H2,2-8H3/t22-/m0/s1/i4D3. The molecule has 1 aliphatic heterocycles. The highest BCUT2D eigenvalue weighted by Crippen LogP contribution is 2.34. The van der Waals surface area contributed by atoms with Crippen LogP contribution in [0.4, 0.5) is 15.0 Å². The average Bonchev–Trinajstić information content (AvgIpc) is 2.99. The van der Waals surface area contributed by atoms with Crippen LogP contribution < -0.4 is 10.6 Å². The second-order valence-corrected chi connectivity index (χ2v) is 12.3. The minimum Gasteiger partial charge on any atom is -0.444 e. The van der Waals surface area contributed by atoms with Crippen LogP contribution in [0, 0.1) is 12.7 Å². The van der Waals surface area contributed by atoms with E-state index in [0.29, 0.717) is 16.8 Å². The number of rotatable bonds is 5. The number of nitrogens with zero attached hydrogens (tertiary/aromatic N) is 6. The zero-order valence-electron chi connectivity index (χ0n) is 28.9. The molecule has 1 fully saturated rings. The lowest BCUT2D eigenvalue weighted by Gasteiger charge is -2.41. The Hall–Kier alpha value is -4.60. The number of piperazine rings is 1. The molecule has 4 heterocycles. The van der Waals surface area contributed by atoms with Gasteiger partial charge in [-0.15, -0.1) is 0 Å². The first-order valence-corrected chi connectivity index (χ1v) is 14.6. The molecule has 1 aliphatic rings. The maximum absolute atomic E-state index is 16.2. The van der Waals surface area contributed by atoms with Crippen LogP contribution in [0.15, 0.2) is 54.0 Å². The van der Waals surface area contributed by atoms with Gasteiger partial charge in [0.05, 0.1) is 16.8 Å². The first-order valence-electron chi connectivity index (χ1n) is 16.1. The molecule has 3 aromatic heterocycles. The summed E-state index contributed by atoms with van der Waals surface area (Å²) in [5, 5.41) is 0.203. The van der Waals surface area contributed by atoms with Gasteiger partial charge < -0.3 is 14.5 Å². The van der Waals surface area contributed by atoms with Crippen LogP contribution >= 0.6 is 0 Å². The molecule has 0 spiro atoms. The van der Waals surface area contributed by atoms with Crippen LogP contribution in [-0.4, -0.2) is 61.8 Å². The Bertz CT molecular complexity index is 1920. The lowest BCUT2D eigenvalue weighted by Crippen LogP contribution is -2.55. The number of ether oxygens (including phenoxy) is 1. The number of carbonyl (C=O) groups excluding carboxylic acids is 1. The van der Waals surface area contributed by atoms with E-state index < -0.39 is 30.1 Å². The fourth-order valence-corrected chi connectivity index (χ4v) is 5.50. The molecule has 1 aromatic carbocycles. The quantitative estimate of drug-likeness (QED) is 0.258. The number of pyridine rings is 2. The molecule has 1 atom stereocenters. The van der Waals surface area contributed by atoms with E-state index in [1.165, 1.54) is 18.3 Å². The van der Waals surface area contributed by atoms with Crippen LogP contribution in [0.1, 0.15) is 68.4 Å². The maximum Gasteiger partial charge on any atom is 0.410 e. The lowest BCUT2D eigenvalue weighted by atomic mass is 10.0. The third-order valence-corrected chi connectivity index (χ3v) is 7.51. The number of fused-ring (bicyclic) bond motifs is 1. The second-order valence-electron chi connectivity index (χ2n) is 12.3. The summed E-state index contributed by atoms with van der Waals surface area (Å²) in [7, 11) is 0. The van der Waals surface area contributed by atoms with E-state index in [9.17, 15) is 9.59 Å². The van der Waals surface area contributed by atoms with Crippen molar-refractivity contribution in [3.63, 3.8) is 0 Å². The number of aromatic nitrogens is 4. The summed E-state index contributed by atoms with van der Waals surface area (Å²) in [5.74, 6) is -0.763. The Balaban J connectivity index is 1.79. The smallest absolute Gasteiger partial charge is 0.410 e. The third-order valence-electron chi connectivity index (χ3n) is 7.51. The molecule has 1 amide bonds. The molecule has 0 aliphatic carbocycles. The summed E-state index contributed by atoms with van der Waals surface area (Å²) in [5.41, 5.74) is -0.102. The summed E-state index contributed by atoms with van der Waals surface area (Å²) in [4.78, 5) is 44.2. The fourth-order valence-electron chi connectivity index (χ4n) is 5.50. The van der Waals surface area contributed by atoms with Crippen molar-refractivity contribution in [3.05, 3.63) is 82.3 Å². The van der Waals surface area contributed by atoms with Crippen molar-refractivity contribution in [2.75, 3.05) is 24.5 Å². The Morgan fingerprint density at radius 2 is 1.95 bits per heavy atom. The highest BCUT2D eigenvalue weighted by Gasteiger charge is 2.33. The molecule has 0 bridgehead atoms. The predicted octanol–water partition coefficient (Wildman–Crippen LogP) is 6.50. The van der Waals surface area contributed by atoms with Crippen molar-refractivity contribution in [1.82, 2.24) is 24.4 Å². The van der Waals surface area contributed by atoms with Gasteiger partial charge in [-0.1, -0.05) is 50.8 Å². The lowest BCUT2D eigenvalue weighted by molar-refractivity contribution is 0.0218. The van der Waals surface area contributed by atoms with Crippen molar-refractivity contribution in [3.8, 4) is 16.9 Å². The molecule has 44 heavy (non-hydrogen) atoms. The zero-order valence-corrected chi connectivity index (χ0v) is 25.9. The Morgan fingerprint density at radius 1 is 1.20 bits per heavy atom. The van der Waals surface area contributed by atoms with E-state index in [1.54, 1.807) is 56.0 Å². The largest absolute Gasteiger partial charge is 0.444 e. The number of hydrogen-bond donors (Lipinski definition) is 0. The Morgan fingerprint density at radius 3 is 2.61 bits per heavy atom. The molecular formula is C34H39FN6O3. The van der Waals surface area contributed by atoms with Crippen LogP contribution in [0.3, 0.4) is 0 Å². The monoisotopic (exact) mass is 601 g/mol. The highest BCUT2D eigenvalue weighted by atomic mass is 19.1. The molecule has 10 heteroatoms. The first kappa shape index (κ1) is 27.0. The summed E-state index contributed by atoms with van der Waals surface area (Å²) < 4.78 is 47.8. The number of aryl methyl sites for hydroxylation is 1. The van der Waals surface area contributed by atoms with Gasteiger partial charge in [-0.05, 0) is 63.7 Å². The first-order chi connectivity index (χ1) is 22.0. The van der Waals surface area contributed by atoms with E-state index in [0.717, 1.165) is 4.57 Å². The van der Waals surface area contributed by atoms with Crippen LogP contribution in [0.2, 0.25) is 0 Å². The molecule has 9 nitrogen and oxygen atoms in total. The molecular weight excluding hydrogens is 559 g/mol. The second kappa shape index (κ2) is 11.8. The van der Waals surface area contributed by atoms with Crippen molar-refractivity contribution < 1.29 is 18.0 Å². The molecule has 1 saturated heterocycles. The number of benzene rings is 1. The highest BCUT2D eigenvalue weighted by molar-refractivity contribution is 5.91. The average molecular weight is 602 g/mol. The maximum atomic E-state index is 16.2. The minimum atomic E-state index is -2.61. The van der Waals surface area contributed by atoms with Crippen molar-refractivity contribution in [1.29, 1.82) is 0 Å². The molecule has 230 valence electrons. The van der Waals surface area contributed by atoms with E-state index in [-0.39, 0.29) is 65.4 Å². The molecule has 0 radical (unpaired) electrons. The molecule has 0 unspecified atom stereocenters. The number of halogens is 1. The third kappa shape index (κ3) is 5.80. The van der Waals surface area contributed by atoms with Gasteiger partial charge in [-0.25, -0.2) is 23.5 Å². The summed E-state index contributed by atoms with van der Waals surface area (Å²) in [6.45, 7) is 13.0. The van der Waals surface area contributed by atoms with Gasteiger partial charge in [0, 0.05) is 41.5 Å². The van der Waals surface area contributed by atoms with Gasteiger partial charge in [0.2, 0.25) is 0 Å². The number of carbonyl (C=O) groups is 1. The van der Waals surface area contributed by atoms with Crippen molar-refractivity contribution in [2.45, 2.75) is 66.0 Å². The molecule has 0 saturated carbocycles. The van der Waals surface area contributed by atoms with Crippen LogP contribution in [-0.2, 0) is 4.74 Å². The van der Waals surface area contributed by atoms with Crippen molar-refractivity contribution >= 4 is 29.0 Å². The van der Waals surface area contributed by atoms with E-state index in [2.05, 4.69) is 16.5 Å². The number of hydrogen-bond acceptors (Lipinski definition) is 7.